The van der Waals surface area contributed by atoms with Gasteiger partial charge in [0.1, 0.15) is 21.9 Å². The van der Waals surface area contributed by atoms with Crippen LogP contribution < -0.4 is 5.32 Å². The predicted octanol–water partition coefficient (Wildman–Crippen LogP) is 4.75. The molecule has 0 fully saturated rings. The van der Waals surface area contributed by atoms with Crippen LogP contribution in [0.15, 0.2) is 24.5 Å². The summed E-state index contributed by atoms with van der Waals surface area (Å²) in [5.74, 6) is -0.392. The number of esters is 2. The Morgan fingerprint density at radius 1 is 1.21 bits per heavy atom. The monoisotopic (exact) mass is 419 g/mol. The van der Waals surface area contributed by atoms with Gasteiger partial charge in [0, 0.05) is 0 Å². The van der Waals surface area contributed by atoms with Crippen LogP contribution in [0.1, 0.15) is 39.4 Å². The standard InChI is InChI=1S/C19H18ClN3O4S/c1-9(2)27-19(25)15-10(3)14-16(21-8-22-17(14)28-15)23-13-7-11(18(24)26-4)5-6-12(13)20/h5-9H,1-4H3,(H,21,22,23). The van der Waals surface area contributed by atoms with Crippen molar-refractivity contribution >= 4 is 56.6 Å². The lowest BCUT2D eigenvalue weighted by molar-refractivity contribution is 0.0382. The van der Waals surface area contributed by atoms with Gasteiger partial charge in [0.05, 0.1) is 34.9 Å². The predicted molar refractivity (Wildman–Crippen MR) is 109 cm³/mol. The third kappa shape index (κ3) is 3.93. The molecule has 0 aliphatic rings. The Morgan fingerprint density at radius 3 is 2.64 bits per heavy atom. The van der Waals surface area contributed by atoms with Crippen LogP contribution in [0.4, 0.5) is 11.5 Å². The van der Waals surface area contributed by atoms with Gasteiger partial charge in [0.25, 0.3) is 0 Å². The Morgan fingerprint density at radius 2 is 1.96 bits per heavy atom. The first-order chi connectivity index (χ1) is 13.3. The third-order valence-electron chi connectivity index (χ3n) is 3.90. The molecular weight excluding hydrogens is 402 g/mol. The number of nitrogens with zero attached hydrogens (tertiary/aromatic N) is 2. The molecule has 0 radical (unpaired) electrons. The van der Waals surface area contributed by atoms with Crippen LogP contribution in [0.2, 0.25) is 5.02 Å². The lowest BCUT2D eigenvalue weighted by Crippen LogP contribution is -2.11. The Bertz CT molecular complexity index is 1060. The minimum absolute atomic E-state index is 0.222. The second kappa shape index (κ2) is 8.12. The summed E-state index contributed by atoms with van der Waals surface area (Å²) in [5.41, 5.74) is 1.55. The van der Waals surface area contributed by atoms with Crippen molar-refractivity contribution in [1.29, 1.82) is 0 Å². The van der Waals surface area contributed by atoms with E-state index in [9.17, 15) is 9.59 Å². The average molecular weight is 420 g/mol. The van der Waals surface area contributed by atoms with Gasteiger partial charge in [-0.15, -0.1) is 11.3 Å². The zero-order valence-corrected chi connectivity index (χ0v) is 17.3. The minimum Gasteiger partial charge on any atom is -0.465 e. The summed E-state index contributed by atoms with van der Waals surface area (Å²) in [5, 5.41) is 4.24. The molecule has 2 aromatic heterocycles. The smallest absolute Gasteiger partial charge is 0.348 e. The molecule has 3 aromatic rings. The van der Waals surface area contributed by atoms with E-state index in [2.05, 4.69) is 15.3 Å². The van der Waals surface area contributed by atoms with E-state index in [0.29, 0.717) is 42.7 Å². The van der Waals surface area contributed by atoms with E-state index in [1.807, 2.05) is 6.92 Å². The minimum atomic E-state index is -0.474. The Kier molecular flexibility index (Phi) is 5.81. The fourth-order valence-electron chi connectivity index (χ4n) is 2.62. The van der Waals surface area contributed by atoms with Crippen LogP contribution in [-0.4, -0.2) is 35.1 Å². The van der Waals surface area contributed by atoms with Crippen molar-refractivity contribution in [2.24, 2.45) is 0 Å². The van der Waals surface area contributed by atoms with Crippen LogP contribution in [-0.2, 0) is 9.47 Å². The summed E-state index contributed by atoms with van der Waals surface area (Å²) in [6, 6.07) is 4.75. The summed E-state index contributed by atoms with van der Waals surface area (Å²) in [4.78, 5) is 33.8. The van der Waals surface area contributed by atoms with Crippen LogP contribution in [0.25, 0.3) is 10.2 Å². The van der Waals surface area contributed by atoms with Crippen molar-refractivity contribution < 1.29 is 19.1 Å². The Labute approximate surface area is 170 Å². The molecule has 146 valence electrons. The van der Waals surface area contributed by atoms with Crippen molar-refractivity contribution in [3.8, 4) is 0 Å². The second-order valence-electron chi connectivity index (χ2n) is 6.22. The van der Waals surface area contributed by atoms with E-state index in [1.54, 1.807) is 32.0 Å². The molecule has 0 unspecified atom stereocenters. The number of anilines is 2. The van der Waals surface area contributed by atoms with Crippen LogP contribution in [0.3, 0.4) is 0 Å². The number of hydrogen-bond acceptors (Lipinski definition) is 8. The highest BCUT2D eigenvalue weighted by Gasteiger charge is 2.21. The number of thiophene rings is 1. The molecular formula is C19H18ClN3O4S. The highest BCUT2D eigenvalue weighted by atomic mass is 35.5. The molecule has 0 atom stereocenters. The first-order valence-corrected chi connectivity index (χ1v) is 9.61. The molecule has 0 bridgehead atoms. The molecule has 0 spiro atoms. The van der Waals surface area contributed by atoms with E-state index >= 15 is 0 Å². The normalized spacial score (nSPS) is 10.9. The second-order valence-corrected chi connectivity index (χ2v) is 7.63. The van der Waals surface area contributed by atoms with Crippen molar-refractivity contribution in [3.05, 3.63) is 45.6 Å². The molecule has 0 aliphatic carbocycles. The van der Waals surface area contributed by atoms with Crippen LogP contribution in [0.5, 0.6) is 0 Å². The molecule has 3 rings (SSSR count). The third-order valence-corrected chi connectivity index (χ3v) is 5.40. The van der Waals surface area contributed by atoms with Crippen LogP contribution in [0, 0.1) is 6.92 Å². The molecule has 0 saturated carbocycles. The number of carbonyl (C=O) groups is 2. The fourth-order valence-corrected chi connectivity index (χ4v) is 3.82. The lowest BCUT2D eigenvalue weighted by atomic mass is 10.1. The van der Waals surface area contributed by atoms with Gasteiger partial charge in [0.15, 0.2) is 0 Å². The Hall–Kier alpha value is -2.71. The molecule has 1 aromatic carbocycles. The number of rotatable bonds is 5. The first-order valence-electron chi connectivity index (χ1n) is 8.41. The number of halogens is 1. The largest absolute Gasteiger partial charge is 0.465 e. The van der Waals surface area contributed by atoms with Gasteiger partial charge in [-0.2, -0.15) is 0 Å². The maximum absolute atomic E-state index is 12.4. The SMILES string of the molecule is COC(=O)c1ccc(Cl)c(Nc2ncnc3sc(C(=O)OC(C)C)c(C)c23)c1. The van der Waals surface area contributed by atoms with E-state index in [-0.39, 0.29) is 6.10 Å². The highest BCUT2D eigenvalue weighted by molar-refractivity contribution is 7.20. The molecule has 7 nitrogen and oxygen atoms in total. The van der Waals surface area contributed by atoms with Gasteiger partial charge in [-0.3, -0.25) is 0 Å². The highest BCUT2D eigenvalue weighted by Crippen LogP contribution is 2.36. The molecule has 2 heterocycles. The quantitative estimate of drug-likeness (QED) is 0.596. The molecule has 0 saturated heterocycles. The van der Waals surface area contributed by atoms with Gasteiger partial charge in [-0.05, 0) is 44.5 Å². The zero-order chi connectivity index (χ0) is 20.4. The van der Waals surface area contributed by atoms with Crippen molar-refractivity contribution in [2.45, 2.75) is 26.9 Å². The van der Waals surface area contributed by atoms with Crippen molar-refractivity contribution in [2.75, 3.05) is 12.4 Å². The Balaban J connectivity index is 2.04. The molecule has 0 aliphatic heterocycles. The summed E-state index contributed by atoms with van der Waals surface area (Å²) in [6.45, 7) is 5.41. The summed E-state index contributed by atoms with van der Waals surface area (Å²) >= 11 is 7.51. The number of aryl methyl sites for hydroxylation is 1. The molecule has 9 heteroatoms. The van der Waals surface area contributed by atoms with Gasteiger partial charge >= 0.3 is 11.9 Å². The lowest BCUT2D eigenvalue weighted by Gasteiger charge is -2.10. The number of carbonyl (C=O) groups excluding carboxylic acids is 2. The van der Waals surface area contributed by atoms with E-state index in [0.717, 1.165) is 0 Å². The molecule has 1 N–H and O–H groups in total. The van der Waals surface area contributed by atoms with Crippen molar-refractivity contribution in [1.82, 2.24) is 9.97 Å². The number of benzene rings is 1. The van der Waals surface area contributed by atoms with Gasteiger partial charge in [-0.25, -0.2) is 19.6 Å². The van der Waals surface area contributed by atoms with Crippen molar-refractivity contribution in [3.63, 3.8) is 0 Å². The van der Waals surface area contributed by atoms with E-state index in [4.69, 9.17) is 21.1 Å². The number of fused-ring (bicyclic) bond motifs is 1. The maximum atomic E-state index is 12.4. The average Bonchev–Trinajstić information content (AvgIpc) is 3.00. The van der Waals surface area contributed by atoms with Crippen LogP contribution >= 0.6 is 22.9 Å². The van der Waals surface area contributed by atoms with E-state index in [1.165, 1.54) is 24.8 Å². The van der Waals surface area contributed by atoms with Gasteiger partial charge in [-0.1, -0.05) is 11.6 Å². The zero-order valence-electron chi connectivity index (χ0n) is 15.7. The topological polar surface area (TPSA) is 90.4 Å². The number of nitrogens with one attached hydrogen (secondary N) is 1. The molecule has 0 amide bonds. The number of aromatic nitrogens is 2. The first kappa shape index (κ1) is 20.0. The summed E-state index contributed by atoms with van der Waals surface area (Å²) < 4.78 is 10.1. The maximum Gasteiger partial charge on any atom is 0.348 e. The fraction of sp³-hybridized carbons (Fsp3) is 0.263. The van der Waals surface area contributed by atoms with Gasteiger partial charge in [0.2, 0.25) is 0 Å². The number of methoxy groups -OCH3 is 1. The summed E-state index contributed by atoms with van der Waals surface area (Å²) in [7, 11) is 1.31. The number of hydrogen-bond donors (Lipinski definition) is 1. The summed E-state index contributed by atoms with van der Waals surface area (Å²) in [6.07, 6.45) is 1.18. The molecule has 28 heavy (non-hydrogen) atoms. The van der Waals surface area contributed by atoms with Gasteiger partial charge < -0.3 is 14.8 Å². The number of ether oxygens (including phenoxy) is 2. The van der Waals surface area contributed by atoms with E-state index < -0.39 is 11.9 Å².